The molecule has 1 aromatic heterocycles. The first-order chi connectivity index (χ1) is 8.28. The average Bonchev–Trinajstić information content (AvgIpc) is 2.91. The van der Waals surface area contributed by atoms with Crippen LogP contribution < -0.4 is 5.32 Å². The number of nitrogens with zero attached hydrogens (tertiary/aromatic N) is 1. The zero-order valence-corrected chi connectivity index (χ0v) is 11.6. The van der Waals surface area contributed by atoms with Crippen molar-refractivity contribution >= 4 is 11.3 Å². The monoisotopic (exact) mass is 254 g/mol. The van der Waals surface area contributed by atoms with Crippen molar-refractivity contribution in [2.24, 2.45) is 0 Å². The Balaban J connectivity index is 1.87. The molecular formula is C13H22N2OS. The van der Waals surface area contributed by atoms with E-state index in [4.69, 9.17) is 4.74 Å². The molecule has 2 unspecified atom stereocenters. The van der Waals surface area contributed by atoms with E-state index in [-0.39, 0.29) is 0 Å². The summed E-state index contributed by atoms with van der Waals surface area (Å²) in [4.78, 5) is 4.55. The van der Waals surface area contributed by atoms with Gasteiger partial charge in [-0.2, -0.15) is 0 Å². The average molecular weight is 254 g/mol. The molecule has 1 saturated heterocycles. The maximum Gasteiger partial charge on any atom is 0.0943 e. The van der Waals surface area contributed by atoms with E-state index in [1.165, 1.54) is 17.8 Å². The summed E-state index contributed by atoms with van der Waals surface area (Å²) in [5.74, 6) is 0. The van der Waals surface area contributed by atoms with Crippen LogP contribution >= 0.6 is 11.3 Å². The van der Waals surface area contributed by atoms with Crippen LogP contribution in [0.25, 0.3) is 0 Å². The van der Waals surface area contributed by atoms with Crippen molar-refractivity contribution in [2.45, 2.75) is 51.7 Å². The van der Waals surface area contributed by atoms with Crippen molar-refractivity contribution in [3.63, 3.8) is 0 Å². The Morgan fingerprint density at radius 2 is 2.53 bits per heavy atom. The van der Waals surface area contributed by atoms with Crippen LogP contribution in [0.4, 0.5) is 0 Å². The molecule has 1 fully saturated rings. The molecule has 1 aliphatic heterocycles. The second kappa shape index (κ2) is 6.47. The molecule has 0 amide bonds. The fourth-order valence-corrected chi connectivity index (χ4v) is 3.24. The number of aromatic nitrogens is 1. The Kier molecular flexibility index (Phi) is 4.95. The van der Waals surface area contributed by atoms with Crippen molar-refractivity contribution in [3.05, 3.63) is 16.1 Å². The smallest absolute Gasteiger partial charge is 0.0943 e. The van der Waals surface area contributed by atoms with Gasteiger partial charge in [-0.25, -0.2) is 4.98 Å². The lowest BCUT2D eigenvalue weighted by Gasteiger charge is -2.20. The Bertz CT molecular complexity index is 334. The van der Waals surface area contributed by atoms with Crippen LogP contribution in [0.1, 0.15) is 36.9 Å². The molecule has 0 aromatic carbocycles. The standard InChI is InChI=1S/C13H22N2OS/c1-3-14-11(7-12-5-4-6-16-12)8-13-15-10(2)9-17-13/h9,11-12,14H,3-8H2,1-2H3. The first-order valence-corrected chi connectivity index (χ1v) is 7.42. The van der Waals surface area contributed by atoms with Gasteiger partial charge >= 0.3 is 0 Å². The molecule has 0 aliphatic carbocycles. The van der Waals surface area contributed by atoms with Crippen molar-refractivity contribution in [1.29, 1.82) is 0 Å². The maximum absolute atomic E-state index is 5.72. The molecule has 2 heterocycles. The summed E-state index contributed by atoms with van der Waals surface area (Å²) in [5.41, 5.74) is 1.14. The summed E-state index contributed by atoms with van der Waals surface area (Å²) in [7, 11) is 0. The second-order valence-electron chi connectivity index (χ2n) is 4.71. The third-order valence-corrected chi connectivity index (χ3v) is 4.14. The molecule has 1 N–H and O–H groups in total. The number of rotatable bonds is 6. The first-order valence-electron chi connectivity index (χ1n) is 6.54. The van der Waals surface area contributed by atoms with Crippen molar-refractivity contribution in [2.75, 3.05) is 13.2 Å². The minimum Gasteiger partial charge on any atom is -0.378 e. The molecule has 2 rings (SSSR count). The van der Waals surface area contributed by atoms with Gasteiger partial charge in [-0.1, -0.05) is 6.92 Å². The highest BCUT2D eigenvalue weighted by Gasteiger charge is 2.21. The van der Waals surface area contributed by atoms with E-state index in [9.17, 15) is 0 Å². The third-order valence-electron chi connectivity index (χ3n) is 3.15. The molecular weight excluding hydrogens is 232 g/mol. The number of aryl methyl sites for hydroxylation is 1. The molecule has 3 nitrogen and oxygen atoms in total. The van der Waals surface area contributed by atoms with Crippen LogP contribution in [0.15, 0.2) is 5.38 Å². The predicted octanol–water partition coefficient (Wildman–Crippen LogP) is 2.54. The molecule has 0 bridgehead atoms. The largest absolute Gasteiger partial charge is 0.378 e. The van der Waals surface area contributed by atoms with Crippen LogP contribution in [0.3, 0.4) is 0 Å². The molecule has 2 atom stereocenters. The SMILES string of the molecule is CCNC(Cc1nc(C)cs1)CC1CCCO1. The zero-order chi connectivity index (χ0) is 12.1. The predicted molar refractivity (Wildman–Crippen MR) is 71.6 cm³/mol. The van der Waals surface area contributed by atoms with E-state index >= 15 is 0 Å². The minimum absolute atomic E-state index is 0.458. The van der Waals surface area contributed by atoms with E-state index < -0.39 is 0 Å². The van der Waals surface area contributed by atoms with E-state index in [0.29, 0.717) is 12.1 Å². The first kappa shape index (κ1) is 13.0. The lowest BCUT2D eigenvalue weighted by Crippen LogP contribution is -2.34. The topological polar surface area (TPSA) is 34.2 Å². The maximum atomic E-state index is 5.72. The van der Waals surface area contributed by atoms with Crippen LogP contribution in [0.2, 0.25) is 0 Å². The van der Waals surface area contributed by atoms with Crippen LogP contribution in [0.5, 0.6) is 0 Å². The van der Waals surface area contributed by atoms with Crippen molar-refractivity contribution < 1.29 is 4.74 Å². The highest BCUT2D eigenvalue weighted by atomic mass is 32.1. The van der Waals surface area contributed by atoms with E-state index in [1.807, 2.05) is 0 Å². The Morgan fingerprint density at radius 3 is 3.12 bits per heavy atom. The molecule has 1 aromatic rings. The van der Waals surface area contributed by atoms with Gasteiger partial charge in [0.2, 0.25) is 0 Å². The number of hydrogen-bond donors (Lipinski definition) is 1. The van der Waals surface area contributed by atoms with E-state index in [2.05, 4.69) is 29.5 Å². The number of hydrogen-bond acceptors (Lipinski definition) is 4. The zero-order valence-electron chi connectivity index (χ0n) is 10.7. The molecule has 0 saturated carbocycles. The number of nitrogens with one attached hydrogen (secondary N) is 1. The number of thiazole rings is 1. The Hall–Kier alpha value is -0.450. The van der Waals surface area contributed by atoms with Gasteiger partial charge < -0.3 is 10.1 Å². The Labute approximate surface area is 108 Å². The summed E-state index contributed by atoms with van der Waals surface area (Å²) >= 11 is 1.77. The third kappa shape index (κ3) is 4.05. The highest BCUT2D eigenvalue weighted by Crippen LogP contribution is 2.20. The number of ether oxygens (including phenoxy) is 1. The lowest BCUT2D eigenvalue weighted by atomic mass is 10.0. The molecule has 4 heteroatoms. The molecule has 0 spiro atoms. The van der Waals surface area contributed by atoms with Crippen molar-refractivity contribution in [3.8, 4) is 0 Å². The fourth-order valence-electron chi connectivity index (χ4n) is 2.38. The van der Waals surface area contributed by atoms with Gasteiger partial charge in [0.15, 0.2) is 0 Å². The quantitative estimate of drug-likeness (QED) is 0.847. The summed E-state index contributed by atoms with van der Waals surface area (Å²) in [6.45, 7) is 6.18. The summed E-state index contributed by atoms with van der Waals surface area (Å²) in [6, 6.07) is 0.508. The number of likely N-dealkylation sites (N-methyl/N-ethyl adjacent to an activating group) is 1. The summed E-state index contributed by atoms with van der Waals surface area (Å²) in [5, 5.41) is 6.93. The molecule has 96 valence electrons. The second-order valence-corrected chi connectivity index (χ2v) is 5.65. The minimum atomic E-state index is 0.458. The van der Waals surface area contributed by atoms with E-state index in [1.54, 1.807) is 11.3 Å². The molecule has 17 heavy (non-hydrogen) atoms. The highest BCUT2D eigenvalue weighted by molar-refractivity contribution is 7.09. The summed E-state index contributed by atoms with van der Waals surface area (Å²) in [6.07, 6.45) is 5.05. The van der Waals surface area contributed by atoms with Gasteiger partial charge in [0.1, 0.15) is 0 Å². The van der Waals surface area contributed by atoms with Crippen LogP contribution in [-0.4, -0.2) is 30.3 Å². The lowest BCUT2D eigenvalue weighted by molar-refractivity contribution is 0.0947. The van der Waals surface area contributed by atoms with Gasteiger partial charge in [0.05, 0.1) is 11.1 Å². The van der Waals surface area contributed by atoms with Gasteiger partial charge in [-0.05, 0) is 32.7 Å². The summed E-state index contributed by atoms with van der Waals surface area (Å²) < 4.78 is 5.72. The Morgan fingerprint density at radius 1 is 1.65 bits per heavy atom. The van der Waals surface area contributed by atoms with Gasteiger partial charge in [-0.3, -0.25) is 0 Å². The van der Waals surface area contributed by atoms with Crippen molar-refractivity contribution in [1.82, 2.24) is 10.3 Å². The molecule has 0 radical (unpaired) electrons. The van der Waals surface area contributed by atoms with E-state index in [0.717, 1.165) is 31.7 Å². The van der Waals surface area contributed by atoms with Crippen LogP contribution in [0, 0.1) is 6.92 Å². The molecule has 1 aliphatic rings. The fraction of sp³-hybridized carbons (Fsp3) is 0.769. The van der Waals surface area contributed by atoms with Gasteiger partial charge in [0.25, 0.3) is 0 Å². The van der Waals surface area contributed by atoms with Gasteiger partial charge in [-0.15, -0.1) is 11.3 Å². The van der Waals surface area contributed by atoms with Crippen LogP contribution in [-0.2, 0) is 11.2 Å². The van der Waals surface area contributed by atoms with Gasteiger partial charge in [0, 0.05) is 30.1 Å². The normalized spacial score (nSPS) is 21.9.